The fourth-order valence-electron chi connectivity index (χ4n) is 3.59. The van der Waals surface area contributed by atoms with E-state index in [1.807, 2.05) is 67.1 Å². The summed E-state index contributed by atoms with van der Waals surface area (Å²) in [5.41, 5.74) is 4.46. The molecular formula is C23H23ClN4O2. The van der Waals surface area contributed by atoms with Crippen molar-refractivity contribution in [1.29, 1.82) is 0 Å². The summed E-state index contributed by atoms with van der Waals surface area (Å²) in [5.74, 6) is 0.672. The van der Waals surface area contributed by atoms with E-state index in [2.05, 4.69) is 15.6 Å². The zero-order valence-corrected chi connectivity index (χ0v) is 17.7. The number of rotatable bonds is 7. The molecule has 0 spiro atoms. The highest BCUT2D eigenvalue weighted by Gasteiger charge is 2.17. The maximum Gasteiger partial charge on any atom is 0.272 e. The van der Waals surface area contributed by atoms with E-state index < -0.39 is 0 Å². The number of hydrogen-bond acceptors (Lipinski definition) is 4. The SMILES string of the molecule is Cc1noc(C)c1CCCNC(=O)c1nn(Cc2ccc(Cl)cc2)c2ccccc12. The van der Waals surface area contributed by atoms with Crippen LogP contribution < -0.4 is 5.32 Å². The summed E-state index contributed by atoms with van der Waals surface area (Å²) in [6, 6.07) is 15.4. The Bertz CT molecular complexity index is 1160. The van der Waals surface area contributed by atoms with Crippen molar-refractivity contribution in [3.63, 3.8) is 0 Å². The smallest absolute Gasteiger partial charge is 0.272 e. The lowest BCUT2D eigenvalue weighted by molar-refractivity contribution is 0.0949. The van der Waals surface area contributed by atoms with Crippen molar-refractivity contribution in [1.82, 2.24) is 20.3 Å². The molecule has 0 atom stereocenters. The standard InChI is InChI=1S/C23H23ClN4O2/c1-15-19(16(2)30-27-15)7-5-13-25-23(29)22-20-6-3-4-8-21(20)28(26-22)14-17-9-11-18(24)12-10-17/h3-4,6,8-12H,5,7,13-14H2,1-2H3,(H,25,29). The van der Waals surface area contributed by atoms with Crippen molar-refractivity contribution in [2.75, 3.05) is 6.54 Å². The van der Waals surface area contributed by atoms with Crippen molar-refractivity contribution < 1.29 is 9.32 Å². The molecule has 2 heterocycles. The first-order chi connectivity index (χ1) is 14.5. The molecule has 0 radical (unpaired) electrons. The van der Waals surface area contributed by atoms with E-state index >= 15 is 0 Å². The van der Waals surface area contributed by atoms with Crippen molar-refractivity contribution >= 4 is 28.4 Å². The number of nitrogens with zero attached hydrogens (tertiary/aromatic N) is 3. The average Bonchev–Trinajstić information content (AvgIpc) is 3.27. The first kappa shape index (κ1) is 20.2. The number of benzene rings is 2. The molecule has 0 aliphatic carbocycles. The molecule has 0 fully saturated rings. The molecule has 1 amide bonds. The van der Waals surface area contributed by atoms with Gasteiger partial charge in [-0.05, 0) is 50.5 Å². The predicted molar refractivity (Wildman–Crippen MR) is 117 cm³/mol. The van der Waals surface area contributed by atoms with E-state index in [0.29, 0.717) is 23.8 Å². The van der Waals surface area contributed by atoms with Gasteiger partial charge in [0.05, 0.1) is 17.8 Å². The number of halogens is 1. The van der Waals surface area contributed by atoms with Crippen molar-refractivity contribution in [3.05, 3.63) is 81.8 Å². The van der Waals surface area contributed by atoms with Crippen LogP contribution in [0, 0.1) is 13.8 Å². The quantitative estimate of drug-likeness (QED) is 0.438. The Balaban J connectivity index is 1.46. The minimum Gasteiger partial charge on any atom is -0.361 e. The molecule has 0 unspecified atom stereocenters. The molecule has 30 heavy (non-hydrogen) atoms. The third-order valence-corrected chi connectivity index (χ3v) is 5.44. The average molecular weight is 423 g/mol. The van der Waals surface area contributed by atoms with Gasteiger partial charge in [0.1, 0.15) is 5.76 Å². The lowest BCUT2D eigenvalue weighted by Crippen LogP contribution is -2.25. The molecule has 154 valence electrons. The Morgan fingerprint density at radius 1 is 1.13 bits per heavy atom. The van der Waals surface area contributed by atoms with E-state index in [0.717, 1.165) is 46.3 Å². The van der Waals surface area contributed by atoms with Gasteiger partial charge in [-0.15, -0.1) is 0 Å². The largest absolute Gasteiger partial charge is 0.361 e. The van der Waals surface area contributed by atoms with E-state index in [1.165, 1.54) is 0 Å². The fourth-order valence-corrected chi connectivity index (χ4v) is 3.71. The molecule has 4 aromatic rings. The van der Waals surface area contributed by atoms with Gasteiger partial charge in [-0.25, -0.2) is 0 Å². The topological polar surface area (TPSA) is 73.0 Å². The van der Waals surface area contributed by atoms with Gasteiger partial charge in [0.25, 0.3) is 5.91 Å². The second kappa shape index (κ2) is 8.71. The molecule has 0 saturated carbocycles. The Morgan fingerprint density at radius 3 is 2.63 bits per heavy atom. The van der Waals surface area contributed by atoms with Crippen LogP contribution in [0.2, 0.25) is 5.02 Å². The summed E-state index contributed by atoms with van der Waals surface area (Å²) in [6.45, 7) is 4.97. The highest BCUT2D eigenvalue weighted by atomic mass is 35.5. The third kappa shape index (κ3) is 4.24. The van der Waals surface area contributed by atoms with Gasteiger partial charge in [0, 0.05) is 22.5 Å². The van der Waals surface area contributed by atoms with E-state index in [9.17, 15) is 4.79 Å². The van der Waals surface area contributed by atoms with Crippen molar-refractivity contribution in [2.45, 2.75) is 33.2 Å². The Labute approximate surface area is 179 Å². The molecule has 6 nitrogen and oxygen atoms in total. The number of fused-ring (bicyclic) bond motifs is 1. The number of aromatic nitrogens is 3. The summed E-state index contributed by atoms with van der Waals surface area (Å²) in [6.07, 6.45) is 1.62. The molecular weight excluding hydrogens is 400 g/mol. The van der Waals surface area contributed by atoms with Crippen LogP contribution in [-0.2, 0) is 13.0 Å². The van der Waals surface area contributed by atoms with Crippen LogP contribution in [0.5, 0.6) is 0 Å². The summed E-state index contributed by atoms with van der Waals surface area (Å²) >= 11 is 5.98. The number of hydrogen-bond donors (Lipinski definition) is 1. The lowest BCUT2D eigenvalue weighted by atomic mass is 10.1. The van der Waals surface area contributed by atoms with Gasteiger partial charge in [0.15, 0.2) is 5.69 Å². The monoisotopic (exact) mass is 422 g/mol. The molecule has 0 bridgehead atoms. The number of para-hydroxylation sites is 1. The fraction of sp³-hybridized carbons (Fsp3) is 0.261. The highest BCUT2D eigenvalue weighted by Crippen LogP contribution is 2.20. The first-order valence-electron chi connectivity index (χ1n) is 9.93. The molecule has 0 aliphatic rings. The second-order valence-electron chi connectivity index (χ2n) is 7.31. The van der Waals surface area contributed by atoms with Crippen molar-refractivity contribution in [2.24, 2.45) is 0 Å². The maximum atomic E-state index is 12.8. The Morgan fingerprint density at radius 2 is 1.90 bits per heavy atom. The van der Waals surface area contributed by atoms with Gasteiger partial charge in [-0.1, -0.05) is 47.1 Å². The summed E-state index contributed by atoms with van der Waals surface area (Å²) in [5, 5.41) is 13.1. The molecule has 7 heteroatoms. The molecule has 2 aromatic carbocycles. The number of carbonyl (C=O) groups is 1. The number of carbonyl (C=O) groups excluding carboxylic acids is 1. The molecule has 2 aromatic heterocycles. The highest BCUT2D eigenvalue weighted by molar-refractivity contribution is 6.30. The second-order valence-corrected chi connectivity index (χ2v) is 7.75. The summed E-state index contributed by atoms with van der Waals surface area (Å²) in [7, 11) is 0. The minimum atomic E-state index is -0.167. The van der Waals surface area contributed by atoms with Gasteiger partial charge in [-0.3, -0.25) is 9.48 Å². The van der Waals surface area contributed by atoms with E-state index in [-0.39, 0.29) is 5.91 Å². The summed E-state index contributed by atoms with van der Waals surface area (Å²) in [4.78, 5) is 12.8. The number of aryl methyl sites for hydroxylation is 2. The van der Waals surface area contributed by atoms with Crippen molar-refractivity contribution in [3.8, 4) is 0 Å². The predicted octanol–water partition coefficient (Wildman–Crippen LogP) is 4.71. The van der Waals surface area contributed by atoms with Crippen LogP contribution in [0.25, 0.3) is 10.9 Å². The zero-order valence-electron chi connectivity index (χ0n) is 17.0. The Hall–Kier alpha value is -3.12. The molecule has 0 aliphatic heterocycles. The third-order valence-electron chi connectivity index (χ3n) is 5.19. The lowest BCUT2D eigenvalue weighted by Gasteiger charge is -2.04. The van der Waals surface area contributed by atoms with E-state index in [1.54, 1.807) is 0 Å². The minimum absolute atomic E-state index is 0.167. The number of nitrogens with one attached hydrogen (secondary N) is 1. The van der Waals surface area contributed by atoms with Gasteiger partial charge in [0.2, 0.25) is 0 Å². The van der Waals surface area contributed by atoms with Gasteiger partial charge >= 0.3 is 0 Å². The molecule has 4 rings (SSSR count). The van der Waals surface area contributed by atoms with Crippen LogP contribution in [0.3, 0.4) is 0 Å². The van der Waals surface area contributed by atoms with Gasteiger partial charge < -0.3 is 9.84 Å². The van der Waals surface area contributed by atoms with Crippen LogP contribution >= 0.6 is 11.6 Å². The van der Waals surface area contributed by atoms with Crippen LogP contribution in [0.1, 0.15) is 39.5 Å². The van der Waals surface area contributed by atoms with E-state index in [4.69, 9.17) is 16.1 Å². The first-order valence-corrected chi connectivity index (χ1v) is 10.3. The maximum absolute atomic E-state index is 12.8. The van der Waals surface area contributed by atoms with Crippen LogP contribution in [0.4, 0.5) is 0 Å². The zero-order chi connectivity index (χ0) is 21.1. The normalized spacial score (nSPS) is 11.2. The molecule has 0 saturated heterocycles. The number of amides is 1. The summed E-state index contributed by atoms with van der Waals surface area (Å²) < 4.78 is 7.05. The Kier molecular flexibility index (Phi) is 5.86. The van der Waals surface area contributed by atoms with Crippen LogP contribution in [0.15, 0.2) is 53.1 Å². The van der Waals surface area contributed by atoms with Crippen LogP contribution in [-0.4, -0.2) is 27.4 Å². The van der Waals surface area contributed by atoms with Gasteiger partial charge in [-0.2, -0.15) is 5.10 Å². The molecule has 1 N–H and O–H groups in total.